The third-order valence-corrected chi connectivity index (χ3v) is 6.93. The lowest BCUT2D eigenvalue weighted by atomic mass is 9.73. The van der Waals surface area contributed by atoms with Gasteiger partial charge >= 0.3 is 18.0 Å². The first kappa shape index (κ1) is 30.1. The number of ether oxygens (including phenoxy) is 4. The molecule has 1 aliphatic rings. The maximum absolute atomic E-state index is 14.9. The van der Waals surface area contributed by atoms with E-state index in [9.17, 15) is 19.2 Å². The van der Waals surface area contributed by atoms with Crippen LogP contribution in [0, 0.1) is 0 Å². The number of amides is 2. The van der Waals surface area contributed by atoms with E-state index >= 15 is 0 Å². The van der Waals surface area contributed by atoms with Crippen molar-refractivity contribution in [2.45, 2.75) is 44.4 Å². The molecule has 10 heteroatoms. The first-order valence-corrected chi connectivity index (χ1v) is 13.3. The Kier molecular flexibility index (Phi) is 8.56. The third kappa shape index (κ3) is 5.65. The molecule has 0 saturated heterocycles. The molecule has 2 amide bonds. The maximum Gasteiger partial charge on any atom is 0.408 e. The molecule has 0 saturated carbocycles. The van der Waals surface area contributed by atoms with E-state index in [1.807, 2.05) is 30.3 Å². The van der Waals surface area contributed by atoms with Gasteiger partial charge in [0.1, 0.15) is 17.3 Å². The number of alkyl carbamates (subject to hydrolysis) is 1. The van der Waals surface area contributed by atoms with Gasteiger partial charge < -0.3 is 29.2 Å². The molecule has 2 atom stereocenters. The summed E-state index contributed by atoms with van der Waals surface area (Å²) in [4.78, 5) is 56.6. The van der Waals surface area contributed by atoms with Crippen LogP contribution in [0.25, 0.3) is 0 Å². The number of carbonyl (C=O) groups excluding carboxylic acids is 4. The standard InChI is InChI=1S/C32H34N2O8/c1-31(2,3)42-30(38)33-32(26(28(36)41-6)22-14-10-11-15-23(22)27(35)40-5)24-18-21(39-4)16-17-25(24)34(29(32)37)19-20-12-8-7-9-13-20/h7-18,26H,19H2,1-6H3,(H,33,38)/t26-,32-/m0/s1. The SMILES string of the molecule is COC(=O)c1ccccc1[C@@H](C(=O)OC)[C@]1(NC(=O)OC(C)(C)C)C(=O)N(Cc2ccccc2)c2ccc(OC)cc21. The molecular formula is C32H34N2O8. The van der Waals surface area contributed by atoms with E-state index in [0.717, 1.165) is 5.56 Å². The average Bonchev–Trinajstić information content (AvgIpc) is 3.18. The summed E-state index contributed by atoms with van der Waals surface area (Å²) in [6.07, 6.45) is -0.948. The monoisotopic (exact) mass is 574 g/mol. The summed E-state index contributed by atoms with van der Waals surface area (Å²) in [6, 6.07) is 20.5. The zero-order chi connectivity index (χ0) is 30.7. The van der Waals surface area contributed by atoms with Crippen LogP contribution in [0.5, 0.6) is 5.75 Å². The Morgan fingerprint density at radius 3 is 2.19 bits per heavy atom. The maximum atomic E-state index is 14.9. The van der Waals surface area contributed by atoms with E-state index in [4.69, 9.17) is 18.9 Å². The molecule has 220 valence electrons. The van der Waals surface area contributed by atoms with Crippen molar-refractivity contribution in [1.82, 2.24) is 5.32 Å². The van der Waals surface area contributed by atoms with Gasteiger partial charge in [0.25, 0.3) is 5.91 Å². The minimum absolute atomic E-state index is 0.0273. The van der Waals surface area contributed by atoms with Crippen LogP contribution in [0.2, 0.25) is 0 Å². The molecule has 10 nitrogen and oxygen atoms in total. The number of fused-ring (bicyclic) bond motifs is 1. The fraction of sp³-hybridized carbons (Fsp3) is 0.312. The minimum Gasteiger partial charge on any atom is -0.497 e. The Morgan fingerprint density at radius 2 is 1.57 bits per heavy atom. The molecule has 0 unspecified atom stereocenters. The number of anilines is 1. The topological polar surface area (TPSA) is 120 Å². The lowest BCUT2D eigenvalue weighted by Gasteiger charge is -2.37. The Balaban J connectivity index is 2.06. The van der Waals surface area contributed by atoms with E-state index in [1.165, 1.54) is 38.4 Å². The van der Waals surface area contributed by atoms with Crippen molar-refractivity contribution in [1.29, 1.82) is 0 Å². The average molecular weight is 575 g/mol. The summed E-state index contributed by atoms with van der Waals surface area (Å²) in [7, 11) is 3.85. The van der Waals surface area contributed by atoms with Gasteiger partial charge in [-0.1, -0.05) is 48.5 Å². The predicted molar refractivity (Wildman–Crippen MR) is 154 cm³/mol. The number of carbonyl (C=O) groups is 4. The smallest absolute Gasteiger partial charge is 0.408 e. The second-order valence-electron chi connectivity index (χ2n) is 10.7. The first-order chi connectivity index (χ1) is 20.0. The van der Waals surface area contributed by atoms with Crippen LogP contribution >= 0.6 is 0 Å². The molecular weight excluding hydrogens is 540 g/mol. The molecule has 3 aromatic carbocycles. The highest BCUT2D eigenvalue weighted by atomic mass is 16.6. The van der Waals surface area contributed by atoms with Crippen molar-refractivity contribution in [2.75, 3.05) is 26.2 Å². The van der Waals surface area contributed by atoms with Gasteiger partial charge in [0.05, 0.1) is 39.1 Å². The Bertz CT molecular complexity index is 1500. The summed E-state index contributed by atoms with van der Waals surface area (Å²) in [5.74, 6) is -3.39. The summed E-state index contributed by atoms with van der Waals surface area (Å²) < 4.78 is 21.3. The number of nitrogens with one attached hydrogen (secondary N) is 1. The molecule has 4 rings (SSSR count). The highest BCUT2D eigenvalue weighted by molar-refractivity contribution is 6.13. The molecule has 0 bridgehead atoms. The normalized spacial score (nSPS) is 16.7. The van der Waals surface area contributed by atoms with Crippen molar-refractivity contribution in [3.8, 4) is 5.75 Å². The quantitative estimate of drug-likeness (QED) is 0.304. The van der Waals surface area contributed by atoms with E-state index < -0.39 is 41.0 Å². The first-order valence-electron chi connectivity index (χ1n) is 13.3. The third-order valence-electron chi connectivity index (χ3n) is 6.93. The Labute approximate surface area is 244 Å². The largest absolute Gasteiger partial charge is 0.497 e. The zero-order valence-electron chi connectivity index (χ0n) is 24.4. The fourth-order valence-corrected chi connectivity index (χ4v) is 5.19. The lowest BCUT2D eigenvalue weighted by molar-refractivity contribution is -0.147. The van der Waals surface area contributed by atoms with Gasteiger partial charge in [-0.15, -0.1) is 0 Å². The molecule has 0 aliphatic carbocycles. The lowest BCUT2D eigenvalue weighted by Crippen LogP contribution is -2.59. The molecule has 1 N–H and O–H groups in total. The van der Waals surface area contributed by atoms with Crippen molar-refractivity contribution >= 4 is 29.6 Å². The van der Waals surface area contributed by atoms with Crippen LogP contribution in [0.1, 0.15) is 53.7 Å². The van der Waals surface area contributed by atoms with Gasteiger partial charge in [-0.3, -0.25) is 9.59 Å². The van der Waals surface area contributed by atoms with Crippen LogP contribution in [-0.2, 0) is 35.9 Å². The van der Waals surface area contributed by atoms with Gasteiger partial charge in [-0.25, -0.2) is 9.59 Å². The van der Waals surface area contributed by atoms with Gasteiger partial charge in [-0.05, 0) is 56.2 Å². The number of benzene rings is 3. The highest BCUT2D eigenvalue weighted by Gasteiger charge is 2.61. The molecule has 0 aromatic heterocycles. The molecule has 42 heavy (non-hydrogen) atoms. The van der Waals surface area contributed by atoms with Gasteiger partial charge in [0, 0.05) is 5.56 Å². The number of rotatable bonds is 8. The van der Waals surface area contributed by atoms with Crippen LogP contribution in [0.3, 0.4) is 0 Å². The van der Waals surface area contributed by atoms with Crippen LogP contribution in [0.4, 0.5) is 10.5 Å². The van der Waals surface area contributed by atoms with Gasteiger partial charge in [-0.2, -0.15) is 0 Å². The molecule has 3 aromatic rings. The van der Waals surface area contributed by atoms with Gasteiger partial charge in [0.15, 0.2) is 5.54 Å². The van der Waals surface area contributed by atoms with Crippen LogP contribution < -0.4 is 15.0 Å². The Hall–Kier alpha value is -4.86. The number of hydrogen-bond acceptors (Lipinski definition) is 8. The van der Waals surface area contributed by atoms with Crippen molar-refractivity contribution in [2.24, 2.45) is 0 Å². The predicted octanol–water partition coefficient (Wildman–Crippen LogP) is 4.71. The summed E-state index contributed by atoms with van der Waals surface area (Å²) in [6.45, 7) is 5.17. The number of esters is 2. The zero-order valence-corrected chi connectivity index (χ0v) is 24.4. The number of hydrogen-bond donors (Lipinski definition) is 1. The van der Waals surface area contributed by atoms with Crippen LogP contribution in [-0.4, -0.2) is 50.9 Å². The van der Waals surface area contributed by atoms with Crippen molar-refractivity contribution in [3.63, 3.8) is 0 Å². The second-order valence-corrected chi connectivity index (χ2v) is 10.7. The van der Waals surface area contributed by atoms with Crippen molar-refractivity contribution in [3.05, 3.63) is 95.1 Å². The van der Waals surface area contributed by atoms with E-state index in [2.05, 4.69) is 5.32 Å². The number of methoxy groups -OCH3 is 3. The molecule has 0 spiro atoms. The van der Waals surface area contributed by atoms with E-state index in [-0.39, 0.29) is 23.2 Å². The van der Waals surface area contributed by atoms with Gasteiger partial charge in [0.2, 0.25) is 0 Å². The molecule has 0 fully saturated rings. The van der Waals surface area contributed by atoms with E-state index in [1.54, 1.807) is 51.1 Å². The molecule has 1 aliphatic heterocycles. The van der Waals surface area contributed by atoms with Crippen LogP contribution in [0.15, 0.2) is 72.8 Å². The fourth-order valence-electron chi connectivity index (χ4n) is 5.19. The highest BCUT2D eigenvalue weighted by Crippen LogP contribution is 2.51. The molecule has 0 radical (unpaired) electrons. The van der Waals surface area contributed by atoms with Crippen molar-refractivity contribution < 1.29 is 38.1 Å². The second kappa shape index (κ2) is 11.9. The summed E-state index contributed by atoms with van der Waals surface area (Å²) >= 11 is 0. The number of nitrogens with zero attached hydrogens (tertiary/aromatic N) is 1. The molecule has 1 heterocycles. The van der Waals surface area contributed by atoms with E-state index in [0.29, 0.717) is 11.4 Å². The minimum atomic E-state index is -2.11. The summed E-state index contributed by atoms with van der Waals surface area (Å²) in [5.41, 5.74) is -1.38. The summed E-state index contributed by atoms with van der Waals surface area (Å²) in [5, 5.41) is 2.76. The Morgan fingerprint density at radius 1 is 0.905 bits per heavy atom.